The van der Waals surface area contributed by atoms with Crippen LogP contribution in [0.4, 0.5) is 5.88 Å². The minimum absolute atomic E-state index is 0.0282. The fraction of sp³-hybridized carbons (Fsp3) is 0.286. The lowest BCUT2D eigenvalue weighted by molar-refractivity contribution is -0.142. The Hall–Kier alpha value is -3.44. The van der Waals surface area contributed by atoms with Crippen molar-refractivity contribution in [2.45, 2.75) is 20.8 Å². The number of rotatable bonds is 8. The Balaban J connectivity index is 1.98. The number of anilines is 1. The van der Waals surface area contributed by atoms with E-state index >= 15 is 0 Å². The Labute approximate surface area is 179 Å². The summed E-state index contributed by atoms with van der Waals surface area (Å²) in [5, 5.41) is 11.9. The number of methoxy groups -OCH3 is 1. The number of furan rings is 1. The molecule has 30 heavy (non-hydrogen) atoms. The maximum atomic E-state index is 12.0. The molecule has 0 bridgehead atoms. The molecule has 0 spiro atoms. The van der Waals surface area contributed by atoms with Crippen molar-refractivity contribution in [2.24, 2.45) is 0 Å². The number of nitrogens with zero attached hydrogens (tertiary/aromatic N) is 1. The summed E-state index contributed by atoms with van der Waals surface area (Å²) in [6.45, 7) is 5.09. The molecule has 0 saturated heterocycles. The summed E-state index contributed by atoms with van der Waals surface area (Å²) in [4.78, 5) is 23.9. The molecular weight excluding hydrogens is 412 g/mol. The van der Waals surface area contributed by atoms with Crippen LogP contribution >= 0.6 is 11.6 Å². The number of aryl methyl sites for hydroxylation is 1. The van der Waals surface area contributed by atoms with Crippen LogP contribution in [0.3, 0.4) is 0 Å². The molecule has 0 radical (unpaired) electrons. The summed E-state index contributed by atoms with van der Waals surface area (Å²) in [6, 6.07) is 5.23. The standard InChI is InChI=1S/C21H21ClN2O6/c1-5-28-17-9-14(8-16(22)20(17)27-4)6-7-19(26)29-11-18(25)24-21-15(10-23)12(2)13(3)30-21/h6-9H,5,11H2,1-4H3,(H,24,25)/b7-6+. The summed E-state index contributed by atoms with van der Waals surface area (Å²) in [5.74, 6) is 0.0227. The highest BCUT2D eigenvalue weighted by Crippen LogP contribution is 2.36. The lowest BCUT2D eigenvalue weighted by Gasteiger charge is -2.11. The SMILES string of the molecule is CCOc1cc(/C=C/C(=O)OCC(=O)Nc2oc(C)c(C)c2C#N)cc(Cl)c1OC. The number of amides is 1. The molecule has 0 unspecified atom stereocenters. The molecule has 158 valence electrons. The van der Waals surface area contributed by atoms with Gasteiger partial charge in [-0.1, -0.05) is 11.6 Å². The number of nitrogens with one attached hydrogen (secondary N) is 1. The zero-order valence-corrected chi connectivity index (χ0v) is 17.8. The molecule has 0 aliphatic heterocycles. The van der Waals surface area contributed by atoms with Gasteiger partial charge in [0.2, 0.25) is 5.88 Å². The van der Waals surface area contributed by atoms with Gasteiger partial charge in [-0.2, -0.15) is 5.26 Å². The van der Waals surface area contributed by atoms with Crippen molar-refractivity contribution in [3.05, 3.63) is 45.7 Å². The molecular formula is C21H21ClN2O6. The third kappa shape index (κ3) is 5.55. The van der Waals surface area contributed by atoms with Crippen LogP contribution in [-0.4, -0.2) is 32.2 Å². The number of carbonyl (C=O) groups is 2. The first-order valence-corrected chi connectivity index (χ1v) is 9.33. The van der Waals surface area contributed by atoms with E-state index in [-0.39, 0.29) is 11.4 Å². The molecule has 0 aliphatic carbocycles. The Morgan fingerprint density at radius 1 is 1.33 bits per heavy atom. The fourth-order valence-corrected chi connectivity index (χ4v) is 2.80. The highest BCUT2D eigenvalue weighted by molar-refractivity contribution is 6.32. The largest absolute Gasteiger partial charge is 0.491 e. The molecule has 0 atom stereocenters. The quantitative estimate of drug-likeness (QED) is 0.495. The van der Waals surface area contributed by atoms with Crippen LogP contribution in [0.1, 0.15) is 29.4 Å². The first kappa shape index (κ1) is 22.8. The third-order valence-electron chi connectivity index (χ3n) is 4.04. The van der Waals surface area contributed by atoms with Gasteiger partial charge in [-0.3, -0.25) is 10.1 Å². The molecule has 8 nitrogen and oxygen atoms in total. The van der Waals surface area contributed by atoms with Crippen LogP contribution in [0.2, 0.25) is 5.02 Å². The second-order valence-corrected chi connectivity index (χ2v) is 6.46. The van der Waals surface area contributed by atoms with E-state index in [4.69, 9.17) is 35.5 Å². The van der Waals surface area contributed by atoms with Crippen molar-refractivity contribution in [3.63, 3.8) is 0 Å². The maximum absolute atomic E-state index is 12.0. The molecule has 0 aliphatic rings. The molecule has 1 amide bonds. The van der Waals surface area contributed by atoms with E-state index in [9.17, 15) is 9.59 Å². The summed E-state index contributed by atoms with van der Waals surface area (Å²) < 4.78 is 20.9. The number of esters is 1. The van der Waals surface area contributed by atoms with Crippen molar-refractivity contribution in [1.82, 2.24) is 0 Å². The summed E-state index contributed by atoms with van der Waals surface area (Å²) in [6.07, 6.45) is 2.63. The zero-order chi connectivity index (χ0) is 22.3. The van der Waals surface area contributed by atoms with Crippen molar-refractivity contribution < 1.29 is 28.2 Å². The Morgan fingerprint density at radius 2 is 2.07 bits per heavy atom. The summed E-state index contributed by atoms with van der Waals surface area (Å²) in [7, 11) is 1.48. The number of benzene rings is 1. The van der Waals surface area contributed by atoms with Crippen LogP contribution < -0.4 is 14.8 Å². The van der Waals surface area contributed by atoms with Gasteiger partial charge in [0, 0.05) is 11.6 Å². The molecule has 1 aromatic heterocycles. The van der Waals surface area contributed by atoms with E-state index in [0.717, 1.165) is 6.08 Å². The molecule has 0 fully saturated rings. The van der Waals surface area contributed by atoms with Gasteiger partial charge in [0.15, 0.2) is 18.1 Å². The lowest BCUT2D eigenvalue weighted by atomic mass is 10.2. The van der Waals surface area contributed by atoms with E-state index < -0.39 is 18.5 Å². The van der Waals surface area contributed by atoms with E-state index in [1.165, 1.54) is 13.2 Å². The Bertz CT molecular complexity index is 1020. The molecule has 9 heteroatoms. The monoisotopic (exact) mass is 432 g/mol. The van der Waals surface area contributed by atoms with Gasteiger partial charge >= 0.3 is 5.97 Å². The van der Waals surface area contributed by atoms with Crippen molar-refractivity contribution in [3.8, 4) is 17.6 Å². The zero-order valence-electron chi connectivity index (χ0n) is 17.0. The minimum atomic E-state index is -0.734. The molecule has 1 aromatic carbocycles. The lowest BCUT2D eigenvalue weighted by Crippen LogP contribution is -2.20. The third-order valence-corrected chi connectivity index (χ3v) is 4.32. The molecule has 2 rings (SSSR count). The molecule has 2 aromatic rings. The van der Waals surface area contributed by atoms with Crippen molar-refractivity contribution >= 4 is 35.4 Å². The smallest absolute Gasteiger partial charge is 0.331 e. The predicted molar refractivity (Wildman–Crippen MR) is 111 cm³/mol. The van der Waals surface area contributed by atoms with Crippen LogP contribution in [0.5, 0.6) is 11.5 Å². The number of carbonyl (C=O) groups excluding carboxylic acids is 2. The average Bonchev–Trinajstić information content (AvgIpc) is 2.97. The molecule has 0 saturated carbocycles. The summed E-state index contributed by atoms with van der Waals surface area (Å²) in [5.41, 5.74) is 1.46. The Morgan fingerprint density at radius 3 is 2.70 bits per heavy atom. The van der Waals surface area contributed by atoms with E-state index in [1.807, 2.05) is 13.0 Å². The van der Waals surface area contributed by atoms with Crippen LogP contribution in [0, 0.1) is 25.2 Å². The number of halogens is 1. The average molecular weight is 433 g/mol. The highest BCUT2D eigenvalue weighted by atomic mass is 35.5. The second kappa shape index (κ2) is 10.4. The number of hydrogen-bond acceptors (Lipinski definition) is 7. The van der Waals surface area contributed by atoms with Crippen molar-refractivity contribution in [1.29, 1.82) is 5.26 Å². The van der Waals surface area contributed by atoms with E-state index in [0.29, 0.717) is 40.0 Å². The number of nitriles is 1. The topological polar surface area (TPSA) is 111 Å². The maximum Gasteiger partial charge on any atom is 0.331 e. The fourth-order valence-electron chi connectivity index (χ4n) is 2.51. The number of ether oxygens (including phenoxy) is 3. The van der Waals surface area contributed by atoms with Gasteiger partial charge in [-0.25, -0.2) is 4.79 Å². The van der Waals surface area contributed by atoms with Crippen LogP contribution in [0.15, 0.2) is 22.6 Å². The predicted octanol–water partition coefficient (Wildman–Crippen LogP) is 4.02. The molecule has 1 N–H and O–H groups in total. The first-order valence-electron chi connectivity index (χ1n) is 8.95. The van der Waals surface area contributed by atoms with Crippen LogP contribution in [0.25, 0.3) is 6.08 Å². The van der Waals surface area contributed by atoms with E-state index in [1.54, 1.807) is 26.0 Å². The van der Waals surface area contributed by atoms with Gasteiger partial charge in [-0.05, 0) is 44.5 Å². The van der Waals surface area contributed by atoms with Gasteiger partial charge in [0.25, 0.3) is 5.91 Å². The second-order valence-electron chi connectivity index (χ2n) is 6.06. The van der Waals surface area contributed by atoms with Gasteiger partial charge in [-0.15, -0.1) is 0 Å². The van der Waals surface area contributed by atoms with Crippen LogP contribution in [-0.2, 0) is 14.3 Å². The minimum Gasteiger partial charge on any atom is -0.491 e. The highest BCUT2D eigenvalue weighted by Gasteiger charge is 2.17. The van der Waals surface area contributed by atoms with Gasteiger partial charge in [0.05, 0.1) is 18.7 Å². The van der Waals surface area contributed by atoms with Gasteiger partial charge in [0.1, 0.15) is 17.4 Å². The first-order chi connectivity index (χ1) is 14.3. The number of hydrogen-bond donors (Lipinski definition) is 1. The Kier molecular flexibility index (Phi) is 7.90. The molecule has 1 heterocycles. The van der Waals surface area contributed by atoms with E-state index in [2.05, 4.69) is 5.32 Å². The van der Waals surface area contributed by atoms with Crippen molar-refractivity contribution in [2.75, 3.05) is 25.6 Å². The summed E-state index contributed by atoms with van der Waals surface area (Å²) >= 11 is 6.16. The normalized spacial score (nSPS) is 10.5. The van der Waals surface area contributed by atoms with Gasteiger partial charge < -0.3 is 18.6 Å².